The highest BCUT2D eigenvalue weighted by Gasteiger charge is 2.29. The van der Waals surface area contributed by atoms with Gasteiger partial charge in [0.25, 0.3) is 5.91 Å². The van der Waals surface area contributed by atoms with Crippen molar-refractivity contribution in [2.24, 2.45) is 11.0 Å². The van der Waals surface area contributed by atoms with Crippen LogP contribution in [-0.2, 0) is 4.79 Å². The molecule has 0 bridgehead atoms. The summed E-state index contributed by atoms with van der Waals surface area (Å²) in [6.07, 6.45) is 5.02. The summed E-state index contributed by atoms with van der Waals surface area (Å²) < 4.78 is 0. The van der Waals surface area contributed by atoms with E-state index in [1.54, 1.807) is 24.3 Å². The largest absolute Gasteiger partial charge is 0.326 e. The van der Waals surface area contributed by atoms with Crippen LogP contribution in [0.15, 0.2) is 29.4 Å². The van der Waals surface area contributed by atoms with E-state index in [4.69, 9.17) is 0 Å². The first-order chi connectivity index (χ1) is 10.6. The Balaban J connectivity index is 1.86. The molecule has 1 fully saturated rings. The molecule has 0 atom stereocenters. The molecule has 1 aliphatic rings. The van der Waals surface area contributed by atoms with E-state index in [9.17, 15) is 9.59 Å². The maximum Gasteiger partial charge on any atom is 0.271 e. The van der Waals surface area contributed by atoms with Crippen molar-refractivity contribution in [3.63, 3.8) is 0 Å². The lowest BCUT2D eigenvalue weighted by atomic mass is 10.2. The number of carbonyl (C=O) groups is 2. The van der Waals surface area contributed by atoms with E-state index in [0.717, 1.165) is 43.5 Å². The van der Waals surface area contributed by atoms with Crippen molar-refractivity contribution < 1.29 is 9.59 Å². The van der Waals surface area contributed by atoms with Gasteiger partial charge in [-0.05, 0) is 56.9 Å². The molecule has 0 aromatic heterocycles. The van der Waals surface area contributed by atoms with Crippen molar-refractivity contribution in [3.8, 4) is 0 Å². The number of carbonyl (C=O) groups excluding carboxylic acids is 2. The molecule has 1 aromatic carbocycles. The molecule has 22 heavy (non-hydrogen) atoms. The van der Waals surface area contributed by atoms with Gasteiger partial charge < -0.3 is 5.32 Å². The number of hydrazone groups is 1. The summed E-state index contributed by atoms with van der Waals surface area (Å²) in [6.45, 7) is 4.03. The second kappa shape index (κ2) is 7.73. The summed E-state index contributed by atoms with van der Waals surface area (Å²) >= 11 is 0. The van der Waals surface area contributed by atoms with Gasteiger partial charge in [-0.15, -0.1) is 0 Å². The first-order valence-corrected chi connectivity index (χ1v) is 7.84. The minimum atomic E-state index is -0.240. The molecule has 0 spiro atoms. The number of benzene rings is 1. The molecule has 2 rings (SSSR count). The zero-order chi connectivity index (χ0) is 15.9. The van der Waals surface area contributed by atoms with Crippen LogP contribution in [0, 0.1) is 5.92 Å². The van der Waals surface area contributed by atoms with Crippen LogP contribution in [0.2, 0.25) is 0 Å². The Hall–Kier alpha value is -2.17. The lowest BCUT2D eigenvalue weighted by Crippen LogP contribution is -2.19. The average molecular weight is 301 g/mol. The fourth-order valence-electron chi connectivity index (χ4n) is 1.99. The molecule has 0 heterocycles. The monoisotopic (exact) mass is 301 g/mol. The third-order valence-corrected chi connectivity index (χ3v) is 3.60. The quantitative estimate of drug-likeness (QED) is 0.599. The van der Waals surface area contributed by atoms with Crippen LogP contribution in [0.25, 0.3) is 0 Å². The van der Waals surface area contributed by atoms with Gasteiger partial charge in [0.1, 0.15) is 0 Å². The summed E-state index contributed by atoms with van der Waals surface area (Å²) in [5.74, 6) is -0.00678. The first kappa shape index (κ1) is 16.2. The molecular weight excluding hydrogens is 278 g/mol. The van der Waals surface area contributed by atoms with Gasteiger partial charge in [0.2, 0.25) is 5.91 Å². The highest BCUT2D eigenvalue weighted by molar-refractivity contribution is 5.97. The number of hydrogen-bond acceptors (Lipinski definition) is 3. The van der Waals surface area contributed by atoms with Crippen LogP contribution in [-0.4, -0.2) is 17.5 Å². The lowest BCUT2D eigenvalue weighted by molar-refractivity contribution is -0.117. The van der Waals surface area contributed by atoms with E-state index >= 15 is 0 Å². The van der Waals surface area contributed by atoms with Crippen molar-refractivity contribution in [1.82, 2.24) is 5.43 Å². The van der Waals surface area contributed by atoms with Gasteiger partial charge in [0.15, 0.2) is 0 Å². The second-order valence-corrected chi connectivity index (χ2v) is 5.73. The Kier molecular flexibility index (Phi) is 5.69. The predicted octanol–water partition coefficient (Wildman–Crippen LogP) is 3.33. The molecule has 118 valence electrons. The van der Waals surface area contributed by atoms with Gasteiger partial charge >= 0.3 is 0 Å². The lowest BCUT2D eigenvalue weighted by Gasteiger charge is -2.06. The minimum absolute atomic E-state index is 0.0633. The van der Waals surface area contributed by atoms with Crippen LogP contribution in [0.1, 0.15) is 56.3 Å². The molecular formula is C17H23N3O2. The molecule has 0 saturated heterocycles. The Bertz CT molecular complexity index is 560. The Morgan fingerprint density at radius 2 is 1.91 bits per heavy atom. The Labute approximate surface area is 131 Å². The van der Waals surface area contributed by atoms with E-state index in [-0.39, 0.29) is 17.7 Å². The molecule has 1 saturated carbocycles. The maximum absolute atomic E-state index is 12.0. The fraction of sp³-hybridized carbons (Fsp3) is 0.471. The van der Waals surface area contributed by atoms with Gasteiger partial charge in [0.05, 0.1) is 0 Å². The van der Waals surface area contributed by atoms with Crippen molar-refractivity contribution in [2.45, 2.75) is 46.0 Å². The second-order valence-electron chi connectivity index (χ2n) is 5.73. The van der Waals surface area contributed by atoms with Gasteiger partial charge in [0, 0.05) is 22.9 Å². The molecule has 5 heteroatoms. The Morgan fingerprint density at radius 1 is 1.23 bits per heavy atom. The third kappa shape index (κ3) is 4.98. The summed E-state index contributed by atoms with van der Waals surface area (Å²) in [5, 5.41) is 6.93. The topological polar surface area (TPSA) is 70.6 Å². The summed E-state index contributed by atoms with van der Waals surface area (Å²) in [4.78, 5) is 23.6. The number of hydrogen-bond donors (Lipinski definition) is 2. The number of unbranched alkanes of at least 4 members (excludes halogenated alkanes) is 1. The van der Waals surface area contributed by atoms with Gasteiger partial charge in [-0.1, -0.05) is 13.3 Å². The molecule has 0 radical (unpaired) electrons. The van der Waals surface area contributed by atoms with E-state index in [0.29, 0.717) is 5.56 Å². The van der Waals surface area contributed by atoms with E-state index < -0.39 is 0 Å². The summed E-state index contributed by atoms with van der Waals surface area (Å²) in [5.41, 5.74) is 4.72. The number of nitrogens with zero attached hydrogens (tertiary/aromatic N) is 1. The SMILES string of the molecule is CCCC/C(C)=N/NC(=O)c1ccc(NC(=O)C2CC2)cc1. The number of rotatable bonds is 7. The molecule has 2 N–H and O–H groups in total. The molecule has 0 aliphatic heterocycles. The summed E-state index contributed by atoms with van der Waals surface area (Å²) in [7, 11) is 0. The van der Waals surface area contributed by atoms with Crippen LogP contribution in [0.5, 0.6) is 0 Å². The number of amides is 2. The fourth-order valence-corrected chi connectivity index (χ4v) is 1.99. The average Bonchev–Trinajstić information content (AvgIpc) is 3.36. The highest BCUT2D eigenvalue weighted by Crippen LogP contribution is 2.30. The number of anilines is 1. The van der Waals surface area contributed by atoms with Gasteiger partial charge in [-0.2, -0.15) is 5.10 Å². The van der Waals surface area contributed by atoms with E-state index in [2.05, 4.69) is 22.8 Å². The molecule has 5 nitrogen and oxygen atoms in total. The minimum Gasteiger partial charge on any atom is -0.326 e. The van der Waals surface area contributed by atoms with Gasteiger partial charge in [-0.25, -0.2) is 5.43 Å². The van der Waals surface area contributed by atoms with Crippen LogP contribution < -0.4 is 10.7 Å². The molecule has 0 unspecified atom stereocenters. The predicted molar refractivity (Wildman–Crippen MR) is 87.9 cm³/mol. The first-order valence-electron chi connectivity index (χ1n) is 7.84. The van der Waals surface area contributed by atoms with Crippen molar-refractivity contribution in [2.75, 3.05) is 5.32 Å². The summed E-state index contributed by atoms with van der Waals surface area (Å²) in [6, 6.07) is 6.86. The van der Waals surface area contributed by atoms with Crippen molar-refractivity contribution in [3.05, 3.63) is 29.8 Å². The smallest absolute Gasteiger partial charge is 0.271 e. The van der Waals surface area contributed by atoms with Crippen LogP contribution >= 0.6 is 0 Å². The Morgan fingerprint density at radius 3 is 2.50 bits per heavy atom. The van der Waals surface area contributed by atoms with E-state index in [1.807, 2.05) is 6.92 Å². The third-order valence-electron chi connectivity index (χ3n) is 3.60. The van der Waals surface area contributed by atoms with Gasteiger partial charge in [-0.3, -0.25) is 9.59 Å². The molecule has 2 amide bonds. The zero-order valence-electron chi connectivity index (χ0n) is 13.2. The number of nitrogens with one attached hydrogen (secondary N) is 2. The van der Waals surface area contributed by atoms with Crippen molar-refractivity contribution in [1.29, 1.82) is 0 Å². The van der Waals surface area contributed by atoms with Crippen LogP contribution in [0.3, 0.4) is 0 Å². The standard InChI is InChI=1S/C17H23N3O2/c1-3-4-5-12(2)19-20-17(22)14-8-10-15(11-9-14)18-16(21)13-6-7-13/h8-11,13H,3-7H2,1-2H3,(H,18,21)(H,20,22)/b19-12+. The van der Waals surface area contributed by atoms with Crippen LogP contribution in [0.4, 0.5) is 5.69 Å². The molecule has 1 aromatic rings. The highest BCUT2D eigenvalue weighted by atomic mass is 16.2. The molecule has 1 aliphatic carbocycles. The normalized spacial score (nSPS) is 14.5. The zero-order valence-corrected chi connectivity index (χ0v) is 13.2. The van der Waals surface area contributed by atoms with E-state index in [1.165, 1.54) is 0 Å². The maximum atomic E-state index is 12.0. The van der Waals surface area contributed by atoms with Crippen molar-refractivity contribution >= 4 is 23.2 Å².